The van der Waals surface area contributed by atoms with Gasteiger partial charge in [-0.05, 0) is 54.0 Å². The fraction of sp³-hybridized carbons (Fsp3) is 0.190. The molecule has 8 heteroatoms. The molecule has 0 radical (unpaired) electrons. The smallest absolute Gasteiger partial charge is 0.291 e. The first-order valence-electron chi connectivity index (χ1n) is 9.00. The van der Waals surface area contributed by atoms with Crippen molar-refractivity contribution in [1.82, 2.24) is 14.6 Å². The summed E-state index contributed by atoms with van der Waals surface area (Å²) in [6, 6.07) is 12.8. The second-order valence-electron chi connectivity index (χ2n) is 6.95. The van der Waals surface area contributed by atoms with Gasteiger partial charge in [0, 0.05) is 5.56 Å². The van der Waals surface area contributed by atoms with Gasteiger partial charge >= 0.3 is 0 Å². The van der Waals surface area contributed by atoms with Crippen molar-refractivity contribution < 1.29 is 4.74 Å². The first-order chi connectivity index (χ1) is 13.9. The highest BCUT2D eigenvalue weighted by Crippen LogP contribution is 2.23. The van der Waals surface area contributed by atoms with E-state index >= 15 is 0 Å². The summed E-state index contributed by atoms with van der Waals surface area (Å²) in [4.78, 5) is 17.7. The molecule has 0 spiro atoms. The summed E-state index contributed by atoms with van der Waals surface area (Å²) >= 11 is 13.3. The average Bonchev–Trinajstić information content (AvgIpc) is 3.23. The zero-order valence-corrected chi connectivity index (χ0v) is 18.1. The average molecular weight is 446 g/mol. The van der Waals surface area contributed by atoms with E-state index < -0.39 is 0 Å². The number of halogens is 2. The second-order valence-corrected chi connectivity index (χ2v) is 8.77. The van der Waals surface area contributed by atoms with Crippen LogP contribution in [0.4, 0.5) is 0 Å². The fourth-order valence-electron chi connectivity index (χ4n) is 2.67. The summed E-state index contributed by atoms with van der Waals surface area (Å²) < 4.78 is 7.55. The SMILES string of the molecule is CC(C)COc1ccc(-c2nc3sc(=Cc4ccc(Cl)c(Cl)c4)c(=O)n3n2)cc1. The number of hydrogen-bond donors (Lipinski definition) is 0. The lowest BCUT2D eigenvalue weighted by Crippen LogP contribution is -2.23. The van der Waals surface area contributed by atoms with Gasteiger partial charge in [-0.15, -0.1) is 5.10 Å². The zero-order chi connectivity index (χ0) is 20.5. The van der Waals surface area contributed by atoms with Crippen molar-refractivity contribution in [1.29, 1.82) is 0 Å². The standard InChI is InChI=1S/C21H17Cl2N3O2S/c1-12(2)11-28-15-6-4-14(5-7-15)19-24-21-26(25-19)20(27)18(29-21)10-13-3-8-16(22)17(23)9-13/h3-10,12H,11H2,1-2H3. The second kappa shape index (κ2) is 8.14. The lowest BCUT2D eigenvalue weighted by molar-refractivity contribution is 0.271. The van der Waals surface area contributed by atoms with Gasteiger partial charge in [0.1, 0.15) is 5.75 Å². The molecule has 0 N–H and O–H groups in total. The molecule has 0 bridgehead atoms. The molecule has 0 unspecified atom stereocenters. The van der Waals surface area contributed by atoms with Crippen molar-refractivity contribution in [3.8, 4) is 17.1 Å². The lowest BCUT2D eigenvalue weighted by atomic mass is 10.2. The van der Waals surface area contributed by atoms with E-state index in [1.54, 1.807) is 24.3 Å². The maximum Gasteiger partial charge on any atom is 0.291 e. The molecular weight excluding hydrogens is 429 g/mol. The van der Waals surface area contributed by atoms with Gasteiger partial charge < -0.3 is 4.74 Å². The van der Waals surface area contributed by atoms with E-state index in [0.717, 1.165) is 16.9 Å². The molecule has 0 fully saturated rings. The Morgan fingerprint density at radius 3 is 2.55 bits per heavy atom. The highest BCUT2D eigenvalue weighted by molar-refractivity contribution is 7.15. The van der Waals surface area contributed by atoms with Crippen LogP contribution < -0.4 is 14.8 Å². The number of benzene rings is 2. The minimum atomic E-state index is -0.216. The van der Waals surface area contributed by atoms with Crippen LogP contribution in [0.3, 0.4) is 0 Å². The van der Waals surface area contributed by atoms with E-state index in [4.69, 9.17) is 27.9 Å². The molecule has 148 valence electrons. The quantitative estimate of drug-likeness (QED) is 0.446. The summed E-state index contributed by atoms with van der Waals surface area (Å²) in [6.07, 6.45) is 1.76. The molecule has 4 aromatic rings. The van der Waals surface area contributed by atoms with Crippen molar-refractivity contribution in [3.63, 3.8) is 0 Å². The number of nitrogens with zero attached hydrogens (tertiary/aromatic N) is 3. The van der Waals surface area contributed by atoms with Gasteiger partial charge in [0.2, 0.25) is 4.96 Å². The van der Waals surface area contributed by atoms with Gasteiger partial charge in [-0.1, -0.05) is 54.5 Å². The van der Waals surface area contributed by atoms with E-state index in [0.29, 0.717) is 37.9 Å². The molecule has 4 rings (SSSR count). The molecule has 29 heavy (non-hydrogen) atoms. The summed E-state index contributed by atoms with van der Waals surface area (Å²) in [5.74, 6) is 1.76. The van der Waals surface area contributed by atoms with E-state index in [-0.39, 0.29) is 5.56 Å². The number of thiazole rings is 1. The predicted octanol–water partition coefficient (Wildman–Crippen LogP) is 4.71. The minimum absolute atomic E-state index is 0.216. The number of aromatic nitrogens is 3. The Morgan fingerprint density at radius 2 is 1.90 bits per heavy atom. The molecule has 0 saturated heterocycles. The summed E-state index contributed by atoms with van der Waals surface area (Å²) in [5.41, 5.74) is 1.40. The third-order valence-electron chi connectivity index (χ3n) is 4.12. The van der Waals surface area contributed by atoms with Gasteiger partial charge in [-0.25, -0.2) is 0 Å². The van der Waals surface area contributed by atoms with Crippen LogP contribution in [0.5, 0.6) is 5.75 Å². The van der Waals surface area contributed by atoms with Crippen LogP contribution in [-0.4, -0.2) is 21.2 Å². The van der Waals surface area contributed by atoms with Crippen molar-refractivity contribution in [3.05, 3.63) is 73.0 Å². The van der Waals surface area contributed by atoms with Gasteiger partial charge in [-0.2, -0.15) is 9.50 Å². The minimum Gasteiger partial charge on any atom is -0.493 e. The van der Waals surface area contributed by atoms with Crippen LogP contribution in [0, 0.1) is 5.92 Å². The normalized spacial score (nSPS) is 12.2. The maximum absolute atomic E-state index is 12.7. The first-order valence-corrected chi connectivity index (χ1v) is 10.6. The van der Waals surface area contributed by atoms with Gasteiger partial charge in [-0.3, -0.25) is 4.79 Å². The Labute approximate surface area is 181 Å². The highest BCUT2D eigenvalue weighted by atomic mass is 35.5. The van der Waals surface area contributed by atoms with E-state index in [9.17, 15) is 4.79 Å². The third kappa shape index (κ3) is 4.29. The highest BCUT2D eigenvalue weighted by Gasteiger charge is 2.12. The van der Waals surface area contributed by atoms with E-state index in [1.807, 2.05) is 24.3 Å². The van der Waals surface area contributed by atoms with Gasteiger partial charge in [0.05, 0.1) is 21.2 Å². The van der Waals surface area contributed by atoms with Crippen molar-refractivity contribution >= 4 is 45.6 Å². The fourth-order valence-corrected chi connectivity index (χ4v) is 3.89. The van der Waals surface area contributed by atoms with E-state index in [2.05, 4.69) is 23.9 Å². The molecule has 0 saturated carbocycles. The predicted molar refractivity (Wildman–Crippen MR) is 118 cm³/mol. The number of fused-ring (bicyclic) bond motifs is 1. The molecule has 5 nitrogen and oxygen atoms in total. The number of rotatable bonds is 5. The molecular formula is C21H17Cl2N3O2S. The van der Waals surface area contributed by atoms with Crippen LogP contribution in [0.25, 0.3) is 22.4 Å². The van der Waals surface area contributed by atoms with Crippen LogP contribution in [0.1, 0.15) is 19.4 Å². The number of hydrogen-bond acceptors (Lipinski definition) is 5. The molecule has 0 aliphatic heterocycles. The monoisotopic (exact) mass is 445 g/mol. The molecule has 2 heterocycles. The summed E-state index contributed by atoms with van der Waals surface area (Å²) in [6.45, 7) is 4.86. The van der Waals surface area contributed by atoms with E-state index in [1.165, 1.54) is 15.9 Å². The van der Waals surface area contributed by atoms with Crippen molar-refractivity contribution in [2.24, 2.45) is 5.92 Å². The molecule has 0 amide bonds. The van der Waals surface area contributed by atoms with Gasteiger partial charge in [0.25, 0.3) is 5.56 Å². The first kappa shape index (κ1) is 19.9. The van der Waals surface area contributed by atoms with Crippen LogP contribution in [-0.2, 0) is 0 Å². The maximum atomic E-state index is 12.7. The Kier molecular flexibility index (Phi) is 5.58. The van der Waals surface area contributed by atoms with Crippen LogP contribution >= 0.6 is 34.5 Å². The van der Waals surface area contributed by atoms with Crippen molar-refractivity contribution in [2.75, 3.05) is 6.61 Å². The molecule has 0 atom stereocenters. The lowest BCUT2D eigenvalue weighted by Gasteiger charge is -2.08. The molecule has 0 aliphatic rings. The third-order valence-corrected chi connectivity index (χ3v) is 5.82. The van der Waals surface area contributed by atoms with Crippen LogP contribution in [0.15, 0.2) is 47.3 Å². The Balaban J connectivity index is 1.63. The Hall–Kier alpha value is -2.41. The molecule has 2 aromatic heterocycles. The zero-order valence-electron chi connectivity index (χ0n) is 15.7. The molecule has 2 aromatic carbocycles. The van der Waals surface area contributed by atoms with Crippen LogP contribution in [0.2, 0.25) is 10.0 Å². The largest absolute Gasteiger partial charge is 0.493 e. The summed E-state index contributed by atoms with van der Waals surface area (Å²) in [7, 11) is 0. The topological polar surface area (TPSA) is 56.5 Å². The van der Waals surface area contributed by atoms with Crippen molar-refractivity contribution in [2.45, 2.75) is 13.8 Å². The Morgan fingerprint density at radius 1 is 1.14 bits per heavy atom. The summed E-state index contributed by atoms with van der Waals surface area (Å²) in [5, 5.41) is 5.29. The van der Waals surface area contributed by atoms with Gasteiger partial charge in [0.15, 0.2) is 5.82 Å². The number of ether oxygens (including phenoxy) is 1. The molecule has 0 aliphatic carbocycles. The Bertz CT molecular complexity index is 1280.